The summed E-state index contributed by atoms with van der Waals surface area (Å²) in [6, 6.07) is 3.97. The van der Waals surface area contributed by atoms with Crippen molar-refractivity contribution in [3.8, 4) is 5.75 Å². The number of phenolic OH excluding ortho intramolecular Hbond substituents is 1. The van der Waals surface area contributed by atoms with Gasteiger partial charge in [0.25, 0.3) is 5.69 Å². The molecule has 1 unspecified atom stereocenters. The summed E-state index contributed by atoms with van der Waals surface area (Å²) in [5, 5.41) is 19.5. The molecule has 5 heteroatoms. The highest BCUT2D eigenvalue weighted by molar-refractivity contribution is 7.15. The first-order chi connectivity index (χ1) is 5.65. The topological polar surface area (TPSA) is 63.4 Å². The van der Waals surface area contributed by atoms with Crippen LogP contribution in [0.1, 0.15) is 5.56 Å². The first-order valence-electron chi connectivity index (χ1n) is 3.31. The van der Waals surface area contributed by atoms with Gasteiger partial charge in [0, 0.05) is 17.7 Å². The molecule has 0 fully saturated rings. The van der Waals surface area contributed by atoms with Gasteiger partial charge in [-0.05, 0) is 12.2 Å². The van der Waals surface area contributed by atoms with E-state index in [1.54, 1.807) is 0 Å². The lowest BCUT2D eigenvalue weighted by Crippen LogP contribution is -1.89. The van der Waals surface area contributed by atoms with Crippen molar-refractivity contribution in [2.45, 2.75) is 6.16 Å². The highest BCUT2D eigenvalue weighted by atomic mass is 31.0. The van der Waals surface area contributed by atoms with E-state index in [-0.39, 0.29) is 11.4 Å². The smallest absolute Gasteiger partial charge is 0.269 e. The third-order valence-corrected chi connectivity index (χ3v) is 1.93. The van der Waals surface area contributed by atoms with Crippen LogP contribution in [0.3, 0.4) is 0 Å². The molecule has 0 aliphatic rings. The molecule has 12 heavy (non-hydrogen) atoms. The number of rotatable bonds is 2. The van der Waals surface area contributed by atoms with Crippen LogP contribution in [0.4, 0.5) is 5.69 Å². The van der Waals surface area contributed by atoms with Crippen molar-refractivity contribution in [3.63, 3.8) is 0 Å². The van der Waals surface area contributed by atoms with Gasteiger partial charge in [-0.25, -0.2) is 0 Å². The van der Waals surface area contributed by atoms with E-state index in [4.69, 9.17) is 0 Å². The van der Waals surface area contributed by atoms with E-state index < -0.39 is 4.92 Å². The molecule has 0 amide bonds. The summed E-state index contributed by atoms with van der Waals surface area (Å²) in [6.45, 7) is 0. The zero-order chi connectivity index (χ0) is 9.14. The number of aromatic hydroxyl groups is 1. The van der Waals surface area contributed by atoms with Crippen LogP contribution in [0.5, 0.6) is 5.75 Å². The van der Waals surface area contributed by atoms with Gasteiger partial charge in [0.1, 0.15) is 5.75 Å². The number of benzene rings is 1. The van der Waals surface area contributed by atoms with E-state index in [0.717, 1.165) is 0 Å². The summed E-state index contributed by atoms with van der Waals surface area (Å²) >= 11 is 0. The standard InChI is InChI=1S/C7H8NO3P/c9-7-2-1-6(8(10)11)3-5(7)4-12/h1-3,9H,4,12H2. The Hall–Kier alpha value is -1.15. The number of hydrogen-bond acceptors (Lipinski definition) is 3. The van der Waals surface area contributed by atoms with Crippen LogP contribution in [0.2, 0.25) is 0 Å². The fraction of sp³-hybridized carbons (Fsp3) is 0.143. The Bertz CT molecular complexity index is 314. The second-order valence-electron chi connectivity index (χ2n) is 2.27. The molecule has 0 bridgehead atoms. The van der Waals surface area contributed by atoms with Crippen LogP contribution in [0.15, 0.2) is 18.2 Å². The predicted octanol–water partition coefficient (Wildman–Crippen LogP) is 1.68. The van der Waals surface area contributed by atoms with Crippen LogP contribution in [-0.4, -0.2) is 10.0 Å². The Kier molecular flexibility index (Phi) is 2.61. The SMILES string of the molecule is O=[N+]([O-])c1ccc(O)c(CP)c1. The second kappa shape index (κ2) is 3.50. The van der Waals surface area contributed by atoms with Gasteiger partial charge in [0.2, 0.25) is 0 Å². The van der Waals surface area contributed by atoms with E-state index in [0.29, 0.717) is 11.7 Å². The molecule has 0 saturated heterocycles. The predicted molar refractivity (Wildman–Crippen MR) is 48.2 cm³/mol. The highest BCUT2D eigenvalue weighted by Gasteiger charge is 2.07. The number of nitro groups is 1. The van der Waals surface area contributed by atoms with Gasteiger partial charge in [-0.1, -0.05) is 0 Å². The molecule has 0 aliphatic carbocycles. The molecular formula is C7H8NO3P. The minimum absolute atomic E-state index is 0.00486. The Labute approximate surface area is 71.6 Å². The molecule has 0 saturated carbocycles. The summed E-state index contributed by atoms with van der Waals surface area (Å²) in [5.41, 5.74) is 0.569. The molecule has 64 valence electrons. The Balaban J connectivity index is 3.13. The largest absolute Gasteiger partial charge is 0.508 e. The molecule has 1 aromatic rings. The normalized spacial score (nSPS) is 9.75. The van der Waals surface area contributed by atoms with Crippen LogP contribution >= 0.6 is 9.24 Å². The van der Waals surface area contributed by atoms with E-state index in [9.17, 15) is 15.2 Å². The fourth-order valence-electron chi connectivity index (χ4n) is 0.849. The molecule has 0 spiro atoms. The summed E-state index contributed by atoms with van der Waals surface area (Å²) < 4.78 is 0. The molecule has 1 atom stereocenters. The van der Waals surface area contributed by atoms with Crippen molar-refractivity contribution < 1.29 is 10.0 Å². The maximum Gasteiger partial charge on any atom is 0.269 e. The second-order valence-corrected chi connectivity index (χ2v) is 2.68. The maximum atomic E-state index is 10.3. The lowest BCUT2D eigenvalue weighted by molar-refractivity contribution is -0.384. The van der Waals surface area contributed by atoms with Gasteiger partial charge in [-0.15, -0.1) is 9.24 Å². The summed E-state index contributed by atoms with van der Waals surface area (Å²) in [6.07, 6.45) is 0.507. The number of hydrogen-bond donors (Lipinski definition) is 1. The average molecular weight is 185 g/mol. The van der Waals surface area contributed by atoms with Crippen LogP contribution in [-0.2, 0) is 6.16 Å². The first-order valence-corrected chi connectivity index (χ1v) is 4.13. The number of phenols is 1. The Morgan fingerprint density at radius 3 is 2.75 bits per heavy atom. The Morgan fingerprint density at radius 1 is 1.58 bits per heavy atom. The lowest BCUT2D eigenvalue weighted by atomic mass is 10.2. The minimum Gasteiger partial charge on any atom is -0.508 e. The van der Waals surface area contributed by atoms with Crippen molar-refractivity contribution >= 4 is 14.9 Å². The molecule has 0 radical (unpaired) electrons. The Morgan fingerprint density at radius 2 is 2.25 bits per heavy atom. The van der Waals surface area contributed by atoms with Crippen molar-refractivity contribution in [1.29, 1.82) is 0 Å². The summed E-state index contributed by atoms with van der Waals surface area (Å²) in [5.74, 6) is 0.0931. The molecule has 0 aromatic heterocycles. The van der Waals surface area contributed by atoms with Gasteiger partial charge in [0.15, 0.2) is 0 Å². The van der Waals surface area contributed by atoms with Gasteiger partial charge in [0.05, 0.1) is 4.92 Å². The van der Waals surface area contributed by atoms with E-state index >= 15 is 0 Å². The van der Waals surface area contributed by atoms with Gasteiger partial charge >= 0.3 is 0 Å². The number of non-ortho nitro benzene ring substituents is 1. The zero-order valence-corrected chi connectivity index (χ0v) is 7.38. The molecule has 1 aromatic carbocycles. The average Bonchev–Trinajstić information content (AvgIpc) is 2.05. The monoisotopic (exact) mass is 185 g/mol. The van der Waals surface area contributed by atoms with E-state index in [2.05, 4.69) is 9.24 Å². The van der Waals surface area contributed by atoms with Crippen molar-refractivity contribution in [2.24, 2.45) is 0 Å². The zero-order valence-electron chi connectivity index (χ0n) is 6.23. The summed E-state index contributed by atoms with van der Waals surface area (Å²) in [4.78, 5) is 9.81. The lowest BCUT2D eigenvalue weighted by Gasteiger charge is -1.99. The van der Waals surface area contributed by atoms with Crippen molar-refractivity contribution in [3.05, 3.63) is 33.9 Å². The molecule has 1 N–H and O–H groups in total. The number of nitro benzene ring substituents is 1. The number of nitrogens with zero attached hydrogens (tertiary/aromatic N) is 1. The molecule has 4 nitrogen and oxygen atoms in total. The van der Waals surface area contributed by atoms with Gasteiger partial charge in [-0.3, -0.25) is 10.1 Å². The van der Waals surface area contributed by atoms with E-state index in [1.807, 2.05) is 0 Å². The fourth-order valence-corrected chi connectivity index (χ4v) is 1.18. The van der Waals surface area contributed by atoms with Gasteiger partial charge in [-0.2, -0.15) is 0 Å². The molecule has 0 aliphatic heterocycles. The minimum atomic E-state index is -0.483. The van der Waals surface area contributed by atoms with Crippen LogP contribution in [0.25, 0.3) is 0 Å². The van der Waals surface area contributed by atoms with Gasteiger partial charge < -0.3 is 5.11 Å². The molecular weight excluding hydrogens is 177 g/mol. The quantitative estimate of drug-likeness (QED) is 0.433. The third kappa shape index (κ3) is 1.71. The molecule has 0 heterocycles. The van der Waals surface area contributed by atoms with Crippen molar-refractivity contribution in [2.75, 3.05) is 0 Å². The summed E-state index contributed by atoms with van der Waals surface area (Å²) in [7, 11) is 2.40. The molecule has 1 rings (SSSR count). The highest BCUT2D eigenvalue weighted by Crippen LogP contribution is 2.24. The third-order valence-electron chi connectivity index (χ3n) is 1.49. The van der Waals surface area contributed by atoms with E-state index in [1.165, 1.54) is 18.2 Å². The van der Waals surface area contributed by atoms with Crippen LogP contribution in [0, 0.1) is 10.1 Å². The maximum absolute atomic E-state index is 10.3. The first kappa shape index (κ1) is 8.94. The van der Waals surface area contributed by atoms with Crippen LogP contribution < -0.4 is 0 Å². The van der Waals surface area contributed by atoms with Crippen molar-refractivity contribution in [1.82, 2.24) is 0 Å².